The van der Waals surface area contributed by atoms with E-state index in [0.29, 0.717) is 6.04 Å². The van der Waals surface area contributed by atoms with Gasteiger partial charge in [0.15, 0.2) is 0 Å². The van der Waals surface area contributed by atoms with E-state index in [1.54, 1.807) is 0 Å². The van der Waals surface area contributed by atoms with Gasteiger partial charge in [0.25, 0.3) is 0 Å². The quantitative estimate of drug-likeness (QED) is 0.788. The van der Waals surface area contributed by atoms with E-state index >= 15 is 0 Å². The molecule has 0 radical (unpaired) electrons. The fourth-order valence-electron chi connectivity index (χ4n) is 2.29. The number of hydrogen-bond donors (Lipinski definition) is 2. The standard InChI is InChI=1S/C13H20N2/c1-11(12-6-4-3-5-7-12)15-13(2)8-9-14-10-13/h3-7,11,14-15H,8-10H2,1-2H3. The van der Waals surface area contributed by atoms with Crippen LogP contribution in [0, 0.1) is 0 Å². The molecule has 0 spiro atoms. The maximum absolute atomic E-state index is 3.71. The summed E-state index contributed by atoms with van der Waals surface area (Å²) in [6.45, 7) is 6.74. The van der Waals surface area contributed by atoms with Crippen LogP contribution in [0.25, 0.3) is 0 Å². The van der Waals surface area contributed by atoms with E-state index in [0.717, 1.165) is 13.1 Å². The zero-order valence-electron chi connectivity index (χ0n) is 9.59. The van der Waals surface area contributed by atoms with Gasteiger partial charge in [-0.1, -0.05) is 30.3 Å². The Bertz CT molecular complexity index is 302. The zero-order valence-corrected chi connectivity index (χ0v) is 9.59. The lowest BCUT2D eigenvalue weighted by Gasteiger charge is -2.29. The fraction of sp³-hybridized carbons (Fsp3) is 0.538. The van der Waals surface area contributed by atoms with Crippen molar-refractivity contribution in [3.8, 4) is 0 Å². The maximum Gasteiger partial charge on any atom is 0.0297 e. The molecule has 1 aliphatic rings. The summed E-state index contributed by atoms with van der Waals surface area (Å²) in [5.74, 6) is 0. The summed E-state index contributed by atoms with van der Waals surface area (Å²) in [6, 6.07) is 11.1. The van der Waals surface area contributed by atoms with E-state index in [9.17, 15) is 0 Å². The molecule has 2 atom stereocenters. The minimum atomic E-state index is 0.259. The van der Waals surface area contributed by atoms with Crippen molar-refractivity contribution in [2.75, 3.05) is 13.1 Å². The van der Waals surface area contributed by atoms with Crippen molar-refractivity contribution in [2.45, 2.75) is 31.8 Å². The van der Waals surface area contributed by atoms with Crippen molar-refractivity contribution in [3.63, 3.8) is 0 Å². The summed E-state index contributed by atoms with van der Waals surface area (Å²) in [5.41, 5.74) is 1.63. The van der Waals surface area contributed by atoms with E-state index in [1.165, 1.54) is 12.0 Å². The van der Waals surface area contributed by atoms with Crippen LogP contribution in [-0.2, 0) is 0 Å². The van der Waals surface area contributed by atoms with Gasteiger partial charge in [-0.15, -0.1) is 0 Å². The average Bonchev–Trinajstić information content (AvgIpc) is 2.66. The third kappa shape index (κ3) is 2.58. The summed E-state index contributed by atoms with van der Waals surface area (Å²) >= 11 is 0. The molecule has 1 fully saturated rings. The van der Waals surface area contributed by atoms with Gasteiger partial charge in [-0.05, 0) is 32.4 Å². The molecule has 2 N–H and O–H groups in total. The van der Waals surface area contributed by atoms with Crippen molar-refractivity contribution in [1.82, 2.24) is 10.6 Å². The number of hydrogen-bond acceptors (Lipinski definition) is 2. The Morgan fingerprint density at radius 1 is 1.33 bits per heavy atom. The first-order valence-corrected chi connectivity index (χ1v) is 5.73. The van der Waals surface area contributed by atoms with Crippen LogP contribution in [0.15, 0.2) is 30.3 Å². The topological polar surface area (TPSA) is 24.1 Å². The molecule has 0 amide bonds. The second kappa shape index (κ2) is 4.33. The predicted octanol–water partition coefficient (Wildman–Crippen LogP) is 2.09. The van der Waals surface area contributed by atoms with Crippen molar-refractivity contribution in [3.05, 3.63) is 35.9 Å². The lowest BCUT2D eigenvalue weighted by atomic mass is 9.98. The van der Waals surface area contributed by atoms with Crippen LogP contribution in [0.3, 0.4) is 0 Å². The summed E-state index contributed by atoms with van der Waals surface area (Å²) < 4.78 is 0. The lowest BCUT2D eigenvalue weighted by molar-refractivity contribution is 0.347. The molecule has 2 unspecified atom stereocenters. The Hall–Kier alpha value is -0.860. The van der Waals surface area contributed by atoms with Crippen molar-refractivity contribution >= 4 is 0 Å². The predicted molar refractivity (Wildman–Crippen MR) is 63.9 cm³/mol. The SMILES string of the molecule is CC(NC1(C)CCNC1)c1ccccc1. The second-order valence-electron chi connectivity index (χ2n) is 4.76. The highest BCUT2D eigenvalue weighted by atomic mass is 15.1. The Morgan fingerprint density at radius 2 is 2.07 bits per heavy atom. The maximum atomic E-state index is 3.71. The first kappa shape index (κ1) is 10.7. The molecule has 0 aromatic heterocycles. The molecule has 1 heterocycles. The van der Waals surface area contributed by atoms with Gasteiger partial charge >= 0.3 is 0 Å². The molecule has 0 bridgehead atoms. The molecule has 0 aliphatic carbocycles. The summed E-state index contributed by atoms with van der Waals surface area (Å²) in [5, 5.41) is 7.12. The monoisotopic (exact) mass is 204 g/mol. The third-order valence-electron chi connectivity index (χ3n) is 3.23. The zero-order chi connectivity index (χ0) is 10.7. The first-order valence-electron chi connectivity index (χ1n) is 5.73. The van der Waals surface area contributed by atoms with Gasteiger partial charge < -0.3 is 10.6 Å². The molecular weight excluding hydrogens is 184 g/mol. The fourth-order valence-corrected chi connectivity index (χ4v) is 2.29. The first-order chi connectivity index (χ1) is 7.20. The molecule has 82 valence electrons. The van der Waals surface area contributed by atoms with Crippen molar-refractivity contribution in [1.29, 1.82) is 0 Å². The van der Waals surface area contributed by atoms with Crippen molar-refractivity contribution < 1.29 is 0 Å². The normalized spacial score (nSPS) is 27.9. The van der Waals surface area contributed by atoms with E-state index < -0.39 is 0 Å². The van der Waals surface area contributed by atoms with E-state index in [-0.39, 0.29) is 5.54 Å². The average molecular weight is 204 g/mol. The Morgan fingerprint density at radius 3 is 2.67 bits per heavy atom. The molecular formula is C13H20N2. The van der Waals surface area contributed by atoms with E-state index in [2.05, 4.69) is 54.8 Å². The number of rotatable bonds is 3. The molecule has 0 saturated carbocycles. The van der Waals surface area contributed by atoms with Gasteiger partial charge in [-0.3, -0.25) is 0 Å². The minimum absolute atomic E-state index is 0.259. The van der Waals surface area contributed by atoms with E-state index in [4.69, 9.17) is 0 Å². The number of benzene rings is 1. The highest BCUT2D eigenvalue weighted by molar-refractivity contribution is 5.18. The van der Waals surface area contributed by atoms with E-state index in [1.807, 2.05) is 0 Å². The molecule has 2 heteroatoms. The lowest BCUT2D eigenvalue weighted by Crippen LogP contribution is -2.45. The van der Waals surface area contributed by atoms with Crippen LogP contribution >= 0.6 is 0 Å². The molecule has 1 aromatic carbocycles. The van der Waals surface area contributed by atoms with Crippen molar-refractivity contribution in [2.24, 2.45) is 0 Å². The molecule has 15 heavy (non-hydrogen) atoms. The van der Waals surface area contributed by atoms with Gasteiger partial charge in [-0.25, -0.2) is 0 Å². The molecule has 1 aliphatic heterocycles. The highest BCUT2D eigenvalue weighted by Gasteiger charge is 2.29. The van der Waals surface area contributed by atoms with Crippen LogP contribution in [-0.4, -0.2) is 18.6 Å². The Kier molecular flexibility index (Phi) is 3.08. The van der Waals surface area contributed by atoms with Crippen LogP contribution in [0.1, 0.15) is 31.9 Å². The van der Waals surface area contributed by atoms with Gasteiger partial charge in [0.1, 0.15) is 0 Å². The van der Waals surface area contributed by atoms with Crippen LogP contribution in [0.5, 0.6) is 0 Å². The molecule has 1 aromatic rings. The minimum Gasteiger partial charge on any atom is -0.315 e. The van der Waals surface area contributed by atoms with Gasteiger partial charge in [-0.2, -0.15) is 0 Å². The van der Waals surface area contributed by atoms with Crippen LogP contribution in [0.2, 0.25) is 0 Å². The molecule has 2 nitrogen and oxygen atoms in total. The molecule has 2 rings (SSSR count). The van der Waals surface area contributed by atoms with Gasteiger partial charge in [0.2, 0.25) is 0 Å². The molecule has 1 saturated heterocycles. The van der Waals surface area contributed by atoms with Crippen LogP contribution < -0.4 is 10.6 Å². The second-order valence-corrected chi connectivity index (χ2v) is 4.76. The number of nitrogens with one attached hydrogen (secondary N) is 2. The summed E-state index contributed by atoms with van der Waals surface area (Å²) in [7, 11) is 0. The van der Waals surface area contributed by atoms with Gasteiger partial charge in [0.05, 0.1) is 0 Å². The van der Waals surface area contributed by atoms with Crippen LogP contribution in [0.4, 0.5) is 0 Å². The third-order valence-corrected chi connectivity index (χ3v) is 3.23. The summed E-state index contributed by atoms with van der Waals surface area (Å²) in [4.78, 5) is 0. The van der Waals surface area contributed by atoms with Gasteiger partial charge in [0, 0.05) is 18.1 Å². The summed E-state index contributed by atoms with van der Waals surface area (Å²) in [6.07, 6.45) is 1.21. The Labute approximate surface area is 92.1 Å². The highest BCUT2D eigenvalue weighted by Crippen LogP contribution is 2.20. The largest absolute Gasteiger partial charge is 0.315 e. The smallest absolute Gasteiger partial charge is 0.0297 e. The Balaban J connectivity index is 2.00.